The van der Waals surface area contributed by atoms with Crippen LogP contribution in [0.15, 0.2) is 30.3 Å². The summed E-state index contributed by atoms with van der Waals surface area (Å²) in [6.45, 7) is -0.226. The standard InChI is InChI=1S/C17H21NO4.BH3O3/c1-18-13-7-11(8-14(18)16-15(13)22-16)21-17(20)12(9-19)10-5-3-2-4-6-10;2-1(3)4/h2-6,11-16,19H,7-9H2,1H3;2-4H/t11?,12-,13?,14?,15?,16?;/m1./s1. The van der Waals surface area contributed by atoms with Crippen molar-refractivity contribution in [1.29, 1.82) is 0 Å². The summed E-state index contributed by atoms with van der Waals surface area (Å²) in [5, 5.41) is 31.1. The van der Waals surface area contributed by atoms with Crippen molar-refractivity contribution in [3.05, 3.63) is 35.9 Å². The highest BCUT2D eigenvalue weighted by molar-refractivity contribution is 6.30. The van der Waals surface area contributed by atoms with Gasteiger partial charge in [0.2, 0.25) is 0 Å². The molecule has 0 aliphatic carbocycles. The van der Waals surface area contributed by atoms with E-state index >= 15 is 0 Å². The Morgan fingerprint density at radius 1 is 1.23 bits per heavy atom. The van der Waals surface area contributed by atoms with Gasteiger partial charge in [0.05, 0.1) is 6.61 Å². The second kappa shape index (κ2) is 8.04. The molecule has 4 N–H and O–H groups in total. The zero-order valence-electron chi connectivity index (χ0n) is 14.5. The quantitative estimate of drug-likeness (QED) is 0.300. The molecule has 0 spiro atoms. The van der Waals surface area contributed by atoms with E-state index in [0.29, 0.717) is 24.3 Å². The summed E-state index contributed by atoms with van der Waals surface area (Å²) in [6.07, 6.45) is 2.26. The number of aliphatic hydroxyl groups excluding tert-OH is 1. The molecule has 0 radical (unpaired) electrons. The van der Waals surface area contributed by atoms with Crippen LogP contribution < -0.4 is 0 Å². The number of epoxide rings is 1. The number of carbonyl (C=O) groups is 1. The van der Waals surface area contributed by atoms with Gasteiger partial charge in [-0.15, -0.1) is 0 Å². The maximum absolute atomic E-state index is 12.4. The molecule has 4 unspecified atom stereocenters. The Morgan fingerprint density at radius 2 is 1.77 bits per heavy atom. The summed E-state index contributed by atoms with van der Waals surface area (Å²) < 4.78 is 11.4. The van der Waals surface area contributed by atoms with Crippen LogP contribution in [0.2, 0.25) is 0 Å². The van der Waals surface area contributed by atoms with E-state index in [9.17, 15) is 9.90 Å². The number of esters is 1. The molecule has 5 atom stereocenters. The second-order valence-electron chi connectivity index (χ2n) is 6.89. The van der Waals surface area contributed by atoms with Crippen molar-refractivity contribution in [2.24, 2.45) is 0 Å². The Morgan fingerprint density at radius 3 is 2.27 bits per heavy atom. The van der Waals surface area contributed by atoms with Crippen LogP contribution in [0.4, 0.5) is 0 Å². The van der Waals surface area contributed by atoms with E-state index in [4.69, 9.17) is 24.5 Å². The molecule has 9 heteroatoms. The molecule has 142 valence electrons. The fraction of sp³-hybridized carbons (Fsp3) is 0.588. The lowest BCUT2D eigenvalue weighted by molar-refractivity contribution is -0.156. The van der Waals surface area contributed by atoms with Crippen molar-refractivity contribution in [2.45, 2.75) is 49.2 Å². The van der Waals surface area contributed by atoms with Gasteiger partial charge in [-0.2, -0.15) is 0 Å². The van der Waals surface area contributed by atoms with Crippen LogP contribution in [0.3, 0.4) is 0 Å². The summed E-state index contributed by atoms with van der Waals surface area (Å²) in [6, 6.07) is 10.1. The molecule has 2 bridgehead atoms. The molecular formula is C17H24BNO7. The normalized spacial score (nSPS) is 32.7. The molecule has 3 aliphatic heterocycles. The molecule has 3 aliphatic rings. The van der Waals surface area contributed by atoms with Crippen LogP contribution in [-0.2, 0) is 14.3 Å². The summed E-state index contributed by atoms with van der Waals surface area (Å²) in [7, 11) is -0.0383. The van der Waals surface area contributed by atoms with E-state index in [1.54, 1.807) is 0 Å². The van der Waals surface area contributed by atoms with Crippen LogP contribution in [0.1, 0.15) is 24.3 Å². The number of fused-ring (bicyclic) bond motifs is 5. The number of hydrogen-bond donors (Lipinski definition) is 4. The minimum absolute atomic E-state index is 0.0622. The average Bonchev–Trinajstić information content (AvgIpc) is 3.34. The van der Waals surface area contributed by atoms with Crippen LogP contribution in [0.25, 0.3) is 0 Å². The molecule has 8 nitrogen and oxygen atoms in total. The fourth-order valence-corrected chi connectivity index (χ4v) is 4.04. The van der Waals surface area contributed by atoms with Gasteiger partial charge in [0.15, 0.2) is 0 Å². The molecule has 4 rings (SSSR count). The number of carbonyl (C=O) groups excluding carboxylic acids is 1. The number of morpholine rings is 1. The molecule has 0 aromatic heterocycles. The molecule has 3 saturated heterocycles. The molecular weight excluding hydrogens is 341 g/mol. The van der Waals surface area contributed by atoms with E-state index < -0.39 is 13.2 Å². The summed E-state index contributed by atoms with van der Waals surface area (Å²) in [5.41, 5.74) is 0.803. The van der Waals surface area contributed by atoms with Crippen molar-refractivity contribution in [2.75, 3.05) is 13.7 Å². The lowest BCUT2D eigenvalue weighted by Crippen LogP contribution is -2.48. The predicted molar refractivity (Wildman–Crippen MR) is 91.8 cm³/mol. The first-order valence-electron chi connectivity index (χ1n) is 8.70. The monoisotopic (exact) mass is 365 g/mol. The highest BCUT2D eigenvalue weighted by Crippen LogP contribution is 2.48. The Labute approximate surface area is 152 Å². The number of nitrogens with zero attached hydrogens (tertiary/aromatic N) is 1. The molecule has 3 fully saturated rings. The molecule has 1 aromatic carbocycles. The molecule has 1 aromatic rings. The maximum Gasteiger partial charge on any atom is 0.631 e. The van der Waals surface area contributed by atoms with Gasteiger partial charge in [0, 0.05) is 24.9 Å². The van der Waals surface area contributed by atoms with E-state index in [0.717, 1.165) is 18.4 Å². The number of benzene rings is 1. The summed E-state index contributed by atoms with van der Waals surface area (Å²) in [4.78, 5) is 14.8. The van der Waals surface area contributed by atoms with Crippen molar-refractivity contribution >= 4 is 13.3 Å². The summed E-state index contributed by atoms with van der Waals surface area (Å²) >= 11 is 0. The van der Waals surface area contributed by atoms with Crippen molar-refractivity contribution in [1.82, 2.24) is 4.90 Å². The fourth-order valence-electron chi connectivity index (χ4n) is 4.04. The van der Waals surface area contributed by atoms with Crippen molar-refractivity contribution in [3.63, 3.8) is 0 Å². The first-order chi connectivity index (χ1) is 12.4. The maximum atomic E-state index is 12.4. The first-order valence-corrected chi connectivity index (χ1v) is 8.70. The van der Waals surface area contributed by atoms with Crippen LogP contribution >= 0.6 is 0 Å². The Balaban J connectivity index is 0.000000447. The van der Waals surface area contributed by atoms with Gasteiger partial charge >= 0.3 is 13.3 Å². The van der Waals surface area contributed by atoms with E-state index in [-0.39, 0.29) is 18.7 Å². The van der Waals surface area contributed by atoms with Crippen molar-refractivity contribution < 1.29 is 34.4 Å². The Hall–Kier alpha value is -1.49. The zero-order valence-corrected chi connectivity index (χ0v) is 14.5. The highest BCUT2D eigenvalue weighted by Gasteiger charge is 2.62. The first kappa shape index (κ1) is 19.3. The lowest BCUT2D eigenvalue weighted by atomic mass is 9.97. The van der Waals surface area contributed by atoms with Gasteiger partial charge < -0.3 is 29.7 Å². The smallest absolute Gasteiger partial charge is 0.462 e. The number of aliphatic hydroxyl groups is 1. The van der Waals surface area contributed by atoms with Gasteiger partial charge in [-0.1, -0.05) is 30.3 Å². The van der Waals surface area contributed by atoms with E-state index in [2.05, 4.69) is 11.9 Å². The molecule has 0 saturated carbocycles. The highest BCUT2D eigenvalue weighted by atomic mass is 16.6. The zero-order chi connectivity index (χ0) is 18.8. The Kier molecular flexibility index (Phi) is 5.96. The SMILES string of the molecule is CN1C2CC(OC(=O)[C@H](CO)c3ccccc3)CC1C1OC12.OB(O)O. The molecule has 0 amide bonds. The third-order valence-electron chi connectivity index (χ3n) is 5.33. The number of ether oxygens (including phenoxy) is 2. The number of hydrogen-bond acceptors (Lipinski definition) is 8. The van der Waals surface area contributed by atoms with Crippen LogP contribution in [-0.4, -0.2) is 82.4 Å². The minimum Gasteiger partial charge on any atom is -0.462 e. The lowest BCUT2D eigenvalue weighted by Gasteiger charge is -2.38. The van der Waals surface area contributed by atoms with Gasteiger partial charge in [-0.05, 0) is 12.6 Å². The predicted octanol–water partition coefficient (Wildman–Crippen LogP) is -1.13. The van der Waals surface area contributed by atoms with E-state index in [1.807, 2.05) is 30.3 Å². The number of likely N-dealkylation sites (N-methyl/N-ethyl adjacent to an activating group) is 1. The van der Waals surface area contributed by atoms with Gasteiger partial charge in [-0.3, -0.25) is 9.69 Å². The molecule has 26 heavy (non-hydrogen) atoms. The number of rotatable bonds is 4. The molecule has 3 heterocycles. The summed E-state index contributed by atoms with van der Waals surface area (Å²) in [5.74, 6) is -0.915. The van der Waals surface area contributed by atoms with Gasteiger partial charge in [-0.25, -0.2) is 0 Å². The third-order valence-corrected chi connectivity index (χ3v) is 5.33. The van der Waals surface area contributed by atoms with E-state index in [1.165, 1.54) is 0 Å². The van der Waals surface area contributed by atoms with Crippen LogP contribution in [0, 0.1) is 0 Å². The third kappa shape index (κ3) is 4.08. The van der Waals surface area contributed by atoms with Gasteiger partial charge in [0.25, 0.3) is 0 Å². The number of piperidine rings is 1. The largest absolute Gasteiger partial charge is 0.631 e. The Bertz CT molecular complexity index is 596. The van der Waals surface area contributed by atoms with Gasteiger partial charge in [0.1, 0.15) is 24.2 Å². The average molecular weight is 365 g/mol. The minimum atomic E-state index is -2.17. The van der Waals surface area contributed by atoms with Crippen molar-refractivity contribution in [3.8, 4) is 0 Å². The topological polar surface area (TPSA) is 123 Å². The van der Waals surface area contributed by atoms with Crippen LogP contribution in [0.5, 0.6) is 0 Å². The second-order valence-corrected chi connectivity index (χ2v) is 6.89.